The number of likely N-dealkylation sites (tertiary alicyclic amines) is 1. The second-order valence-corrected chi connectivity index (χ2v) is 9.81. The minimum atomic E-state index is -4.46. The van der Waals surface area contributed by atoms with Gasteiger partial charge in [-0.3, -0.25) is 0 Å². The van der Waals surface area contributed by atoms with Crippen LogP contribution < -0.4 is 5.32 Å². The number of rotatable bonds is 2. The van der Waals surface area contributed by atoms with Crippen molar-refractivity contribution in [3.8, 4) is 0 Å². The van der Waals surface area contributed by atoms with Gasteiger partial charge in [-0.05, 0) is 34.7 Å². The Labute approximate surface area is 191 Å². The first-order valence-electron chi connectivity index (χ1n) is 11.0. The number of hydrogen-bond donors (Lipinski definition) is 1. The predicted molar refractivity (Wildman–Crippen MR) is 121 cm³/mol. The second-order valence-electron chi connectivity index (χ2n) is 9.81. The summed E-state index contributed by atoms with van der Waals surface area (Å²) in [6, 6.07) is 12.6. The van der Waals surface area contributed by atoms with Gasteiger partial charge >= 0.3 is 12.2 Å². The zero-order valence-corrected chi connectivity index (χ0v) is 19.0. The molecule has 0 radical (unpaired) electrons. The van der Waals surface area contributed by atoms with E-state index in [1.165, 1.54) is 17.7 Å². The maximum absolute atomic E-state index is 12.9. The normalized spacial score (nSPS) is 18.1. The van der Waals surface area contributed by atoms with E-state index >= 15 is 0 Å². The summed E-state index contributed by atoms with van der Waals surface area (Å²) in [5.74, 6) is 0. The highest BCUT2D eigenvalue weighted by Crippen LogP contribution is 2.37. The number of benzene rings is 2. The summed E-state index contributed by atoms with van der Waals surface area (Å²) in [7, 11) is 0. The van der Waals surface area contributed by atoms with Crippen LogP contribution in [0.15, 0.2) is 53.7 Å². The molecule has 33 heavy (non-hydrogen) atoms. The van der Waals surface area contributed by atoms with Gasteiger partial charge in [0.05, 0.1) is 11.3 Å². The van der Waals surface area contributed by atoms with Crippen LogP contribution >= 0.6 is 0 Å². The first-order chi connectivity index (χ1) is 15.5. The highest BCUT2D eigenvalue weighted by atomic mass is 19.4. The van der Waals surface area contributed by atoms with Crippen molar-refractivity contribution in [3.05, 3.63) is 65.2 Å². The largest absolute Gasteiger partial charge is 0.416 e. The van der Waals surface area contributed by atoms with Crippen LogP contribution in [0.25, 0.3) is 0 Å². The van der Waals surface area contributed by atoms with Crippen molar-refractivity contribution in [3.63, 3.8) is 0 Å². The summed E-state index contributed by atoms with van der Waals surface area (Å²) in [5, 5.41) is 6.91. The van der Waals surface area contributed by atoms with E-state index in [2.05, 4.69) is 55.5 Å². The fourth-order valence-electron chi connectivity index (χ4n) is 4.20. The molecule has 0 unspecified atom stereocenters. The van der Waals surface area contributed by atoms with Crippen LogP contribution in [-0.4, -0.2) is 35.3 Å². The molecule has 0 atom stereocenters. The minimum absolute atomic E-state index is 0.0786. The van der Waals surface area contributed by atoms with Gasteiger partial charge in [-0.15, -0.1) is 0 Å². The van der Waals surface area contributed by atoms with Gasteiger partial charge in [0.1, 0.15) is 5.60 Å². The molecule has 2 aliphatic rings. The van der Waals surface area contributed by atoms with Crippen molar-refractivity contribution >= 4 is 17.4 Å². The van der Waals surface area contributed by atoms with Crippen LogP contribution in [0.2, 0.25) is 0 Å². The Morgan fingerprint density at radius 1 is 1.03 bits per heavy atom. The Hall–Kier alpha value is -3.03. The van der Waals surface area contributed by atoms with E-state index in [-0.39, 0.29) is 11.1 Å². The maximum atomic E-state index is 12.9. The summed E-state index contributed by atoms with van der Waals surface area (Å²) >= 11 is 0. The first kappa shape index (κ1) is 23.1. The molecule has 176 valence electrons. The fraction of sp³-hybridized carbons (Fsp3) is 0.440. The molecule has 1 N–H and O–H groups in total. The highest BCUT2D eigenvalue weighted by molar-refractivity contribution is 6.01. The second kappa shape index (κ2) is 8.39. The molecule has 2 aromatic carbocycles. The number of amides is 2. The summed E-state index contributed by atoms with van der Waals surface area (Å²) in [6.07, 6.45) is -2.57. The van der Waals surface area contributed by atoms with E-state index in [0.717, 1.165) is 23.4 Å². The number of nitrogens with zero attached hydrogens (tertiary/aromatic N) is 2. The highest BCUT2D eigenvalue weighted by Gasteiger charge is 2.43. The maximum Gasteiger partial charge on any atom is 0.416 e. The van der Waals surface area contributed by atoms with Crippen molar-refractivity contribution in [2.45, 2.75) is 57.2 Å². The molecule has 2 heterocycles. The van der Waals surface area contributed by atoms with E-state index < -0.39 is 23.4 Å². The number of piperidine rings is 1. The standard InChI is InChI=1S/C25H28F3N3O2/c1-23(2,3)18-9-7-17(8-10-18)21-16-24(33-30-21)11-13-31(14-12-24)22(32)29-20-6-4-5-19(15-20)25(26,27)28/h4-10,15H,11-14,16H2,1-3H3,(H,29,32). The van der Waals surface area contributed by atoms with E-state index in [9.17, 15) is 18.0 Å². The molecule has 0 bridgehead atoms. The zero-order valence-electron chi connectivity index (χ0n) is 19.0. The molecule has 1 fully saturated rings. The lowest BCUT2D eigenvalue weighted by Gasteiger charge is -2.37. The topological polar surface area (TPSA) is 53.9 Å². The number of nitrogens with one attached hydrogen (secondary N) is 1. The summed E-state index contributed by atoms with van der Waals surface area (Å²) in [6.45, 7) is 7.39. The molecule has 5 nitrogen and oxygen atoms in total. The predicted octanol–water partition coefficient (Wildman–Crippen LogP) is 6.19. The molecule has 2 aliphatic heterocycles. The fourth-order valence-corrected chi connectivity index (χ4v) is 4.20. The molecule has 1 spiro atoms. The Morgan fingerprint density at radius 2 is 1.70 bits per heavy atom. The quantitative estimate of drug-likeness (QED) is 0.582. The van der Waals surface area contributed by atoms with Gasteiger partial charge in [0.15, 0.2) is 0 Å². The molecule has 1 saturated heterocycles. The lowest BCUT2D eigenvalue weighted by Crippen LogP contribution is -2.48. The first-order valence-corrected chi connectivity index (χ1v) is 11.0. The molecule has 2 aromatic rings. The molecule has 2 amide bonds. The van der Waals surface area contributed by atoms with Crippen LogP contribution in [0, 0.1) is 0 Å². The van der Waals surface area contributed by atoms with Crippen LogP contribution in [0.5, 0.6) is 0 Å². The summed E-state index contributed by atoms with van der Waals surface area (Å²) < 4.78 is 38.7. The van der Waals surface area contributed by atoms with E-state index in [1.54, 1.807) is 4.90 Å². The van der Waals surface area contributed by atoms with E-state index in [1.807, 2.05) is 0 Å². The lowest BCUT2D eigenvalue weighted by atomic mass is 9.84. The van der Waals surface area contributed by atoms with Crippen molar-refractivity contribution < 1.29 is 22.8 Å². The minimum Gasteiger partial charge on any atom is -0.388 e. The molecule has 0 saturated carbocycles. The Kier molecular flexibility index (Phi) is 5.88. The van der Waals surface area contributed by atoms with Gasteiger partial charge in [0.25, 0.3) is 0 Å². The zero-order chi connectivity index (χ0) is 23.9. The van der Waals surface area contributed by atoms with Crippen molar-refractivity contribution in [1.29, 1.82) is 0 Å². The van der Waals surface area contributed by atoms with Crippen LogP contribution in [0.3, 0.4) is 0 Å². The third-order valence-electron chi connectivity index (χ3n) is 6.33. The Balaban J connectivity index is 1.33. The van der Waals surface area contributed by atoms with E-state index in [0.29, 0.717) is 32.4 Å². The molecule has 4 rings (SSSR count). The number of carbonyl (C=O) groups is 1. The van der Waals surface area contributed by atoms with Crippen molar-refractivity contribution in [1.82, 2.24) is 4.90 Å². The SMILES string of the molecule is CC(C)(C)c1ccc(C2=NOC3(CCN(C(=O)Nc4cccc(C(F)(F)F)c4)CC3)C2)cc1. The number of halogens is 3. The third-order valence-corrected chi connectivity index (χ3v) is 6.33. The molecule has 0 aliphatic carbocycles. The molecule has 0 aromatic heterocycles. The van der Waals surface area contributed by atoms with Crippen molar-refractivity contribution in [2.24, 2.45) is 5.16 Å². The number of oxime groups is 1. The van der Waals surface area contributed by atoms with Crippen LogP contribution in [0.1, 0.15) is 56.7 Å². The molecular formula is C25H28F3N3O2. The van der Waals surface area contributed by atoms with Gasteiger partial charge in [-0.25, -0.2) is 4.79 Å². The Morgan fingerprint density at radius 3 is 2.30 bits per heavy atom. The van der Waals surface area contributed by atoms with Gasteiger partial charge in [0, 0.05) is 38.0 Å². The summed E-state index contributed by atoms with van der Waals surface area (Å²) in [4.78, 5) is 20.0. The van der Waals surface area contributed by atoms with Crippen LogP contribution in [0.4, 0.5) is 23.7 Å². The number of anilines is 1. The number of hydrogen-bond acceptors (Lipinski definition) is 3. The van der Waals surface area contributed by atoms with Crippen LogP contribution in [-0.2, 0) is 16.4 Å². The molecular weight excluding hydrogens is 431 g/mol. The van der Waals surface area contributed by atoms with E-state index in [4.69, 9.17) is 4.84 Å². The number of carbonyl (C=O) groups excluding carboxylic acids is 1. The smallest absolute Gasteiger partial charge is 0.388 e. The average Bonchev–Trinajstić information content (AvgIpc) is 3.17. The number of alkyl halides is 3. The van der Waals surface area contributed by atoms with Gasteiger partial charge in [-0.1, -0.05) is 56.3 Å². The summed E-state index contributed by atoms with van der Waals surface area (Å²) in [5.41, 5.74) is 2.15. The molecule has 8 heteroatoms. The van der Waals surface area contributed by atoms with Gasteiger partial charge in [0.2, 0.25) is 0 Å². The lowest BCUT2D eigenvalue weighted by molar-refractivity contribution is -0.137. The van der Waals surface area contributed by atoms with Gasteiger partial charge in [-0.2, -0.15) is 13.2 Å². The van der Waals surface area contributed by atoms with Crippen molar-refractivity contribution in [2.75, 3.05) is 18.4 Å². The Bertz CT molecular complexity index is 1050. The third kappa shape index (κ3) is 5.15. The monoisotopic (exact) mass is 459 g/mol. The average molecular weight is 460 g/mol. The number of urea groups is 1. The van der Waals surface area contributed by atoms with Gasteiger partial charge < -0.3 is 15.1 Å².